The zero-order chi connectivity index (χ0) is 38.3. The van der Waals surface area contributed by atoms with Gasteiger partial charge < -0.3 is 14.6 Å². The number of H-pyrrole nitrogens is 1. The number of aromatic nitrogens is 1. The van der Waals surface area contributed by atoms with E-state index in [0.29, 0.717) is 42.3 Å². The molecule has 0 radical (unpaired) electrons. The second kappa shape index (κ2) is 14.9. The lowest BCUT2D eigenvalue weighted by atomic mass is 9.72. The van der Waals surface area contributed by atoms with Gasteiger partial charge in [0.2, 0.25) is 0 Å². The summed E-state index contributed by atoms with van der Waals surface area (Å²) in [5.41, 5.74) is 5.12. The zero-order valence-corrected chi connectivity index (χ0v) is 32.8. The van der Waals surface area contributed by atoms with E-state index in [2.05, 4.69) is 40.6 Å². The summed E-state index contributed by atoms with van der Waals surface area (Å²) in [6.07, 6.45) is 5.84. The summed E-state index contributed by atoms with van der Waals surface area (Å²) < 4.78 is 63.8. The third-order valence-corrected chi connectivity index (χ3v) is 13.0. The Morgan fingerprint density at radius 3 is 2.28 bits per heavy atom. The minimum Gasteiger partial charge on any atom is -0.453 e. The second-order valence-corrected chi connectivity index (χ2v) is 18.9. The molecule has 0 spiro atoms. The molecule has 2 N–H and O–H groups in total. The number of carbonyl (C=O) groups is 1. The van der Waals surface area contributed by atoms with Crippen molar-refractivity contribution in [3.8, 4) is 11.5 Å². The van der Waals surface area contributed by atoms with Crippen molar-refractivity contribution in [3.63, 3.8) is 0 Å². The number of fused-ring (bicyclic) bond motifs is 1. The number of hydrogen-bond acceptors (Lipinski definition) is 8. The molecule has 7 rings (SSSR count). The summed E-state index contributed by atoms with van der Waals surface area (Å²) in [5.74, 6) is -0.669. The molecule has 54 heavy (non-hydrogen) atoms. The number of nitrogens with one attached hydrogen (secondary N) is 2. The van der Waals surface area contributed by atoms with Crippen LogP contribution in [-0.4, -0.2) is 71.6 Å². The molecule has 1 aromatic heterocycles. The SMILES string of the molecule is CC1(C)CCC(CN2CCN(c3c(S(C)(=O)=O)ccc(S(=O)(=O)NC(=O)c4ccccc4)c3Oc3cccc4[nH]ccc34)CC2)=C(c2ccc(Cl)cc2)C1. The van der Waals surface area contributed by atoms with Gasteiger partial charge in [-0.05, 0) is 90.4 Å². The van der Waals surface area contributed by atoms with Crippen LogP contribution >= 0.6 is 11.6 Å². The van der Waals surface area contributed by atoms with Gasteiger partial charge in [0.25, 0.3) is 15.9 Å². The van der Waals surface area contributed by atoms with Gasteiger partial charge in [-0.3, -0.25) is 9.69 Å². The Labute approximate surface area is 321 Å². The molecule has 5 aromatic rings. The molecule has 282 valence electrons. The molecule has 1 fully saturated rings. The van der Waals surface area contributed by atoms with E-state index in [1.807, 2.05) is 23.1 Å². The maximum atomic E-state index is 14.1. The van der Waals surface area contributed by atoms with Crippen LogP contribution in [0.2, 0.25) is 5.02 Å². The van der Waals surface area contributed by atoms with Gasteiger partial charge in [-0.25, -0.2) is 21.6 Å². The Balaban J connectivity index is 1.26. The number of piperazine rings is 1. The quantitative estimate of drug-likeness (QED) is 0.146. The lowest BCUT2D eigenvalue weighted by molar-refractivity contribution is 0.0981. The molecule has 1 saturated heterocycles. The van der Waals surface area contributed by atoms with Crippen LogP contribution in [0.4, 0.5) is 5.69 Å². The molecule has 2 heterocycles. The lowest BCUT2D eigenvalue weighted by Crippen LogP contribution is -2.47. The number of ether oxygens (including phenoxy) is 1. The van der Waals surface area contributed by atoms with Crippen molar-refractivity contribution in [1.82, 2.24) is 14.6 Å². The average molecular weight is 787 g/mol. The number of sulfonamides is 1. The minimum absolute atomic E-state index is 0.0669. The van der Waals surface area contributed by atoms with Crippen LogP contribution in [0, 0.1) is 5.41 Å². The van der Waals surface area contributed by atoms with Crippen molar-refractivity contribution in [2.75, 3.05) is 43.9 Å². The van der Waals surface area contributed by atoms with E-state index >= 15 is 0 Å². The maximum Gasteiger partial charge on any atom is 0.268 e. The van der Waals surface area contributed by atoms with Gasteiger partial charge in [-0.1, -0.05) is 67.4 Å². The molecule has 0 bridgehead atoms. The third kappa shape index (κ3) is 8.07. The van der Waals surface area contributed by atoms with E-state index in [1.165, 1.54) is 41.0 Å². The van der Waals surface area contributed by atoms with E-state index in [4.69, 9.17) is 16.3 Å². The smallest absolute Gasteiger partial charge is 0.268 e. The van der Waals surface area contributed by atoms with Crippen LogP contribution in [-0.2, 0) is 19.9 Å². The molecule has 1 aliphatic heterocycles. The molecule has 1 amide bonds. The van der Waals surface area contributed by atoms with Crippen molar-refractivity contribution >= 4 is 59.5 Å². The summed E-state index contributed by atoms with van der Waals surface area (Å²) in [4.78, 5) is 20.1. The fourth-order valence-corrected chi connectivity index (χ4v) is 9.50. The molecular formula is C41H43ClN4O6S2. The number of halogens is 1. The fourth-order valence-electron chi connectivity index (χ4n) is 7.39. The molecule has 0 unspecified atom stereocenters. The Bertz CT molecular complexity index is 2450. The average Bonchev–Trinajstić information content (AvgIpc) is 3.63. The van der Waals surface area contributed by atoms with Gasteiger partial charge in [0, 0.05) is 66.7 Å². The highest BCUT2D eigenvalue weighted by Gasteiger charge is 2.34. The standard InChI is InChI=1S/C41H43ClN4O6S2/c1-41(2)20-18-30(33(26-41)28-12-14-31(42)15-13-28)27-45-22-24-46(25-23-45)38-36(53(3,48)49)16-17-37(54(50,51)44-40(47)29-8-5-4-6-9-29)39(38)52-35-11-7-10-34-32(35)19-21-43-34/h4-17,19,21,43H,18,20,22-27H2,1-3H3,(H,44,47). The van der Waals surface area contributed by atoms with E-state index < -0.39 is 25.8 Å². The highest BCUT2D eigenvalue weighted by Crippen LogP contribution is 2.46. The number of allylic oxidation sites excluding steroid dienone is 1. The van der Waals surface area contributed by atoms with Crippen molar-refractivity contribution in [3.05, 3.63) is 119 Å². The highest BCUT2D eigenvalue weighted by molar-refractivity contribution is 7.91. The van der Waals surface area contributed by atoms with Gasteiger partial charge in [0.05, 0.1) is 4.90 Å². The van der Waals surface area contributed by atoms with E-state index in [-0.39, 0.29) is 32.2 Å². The summed E-state index contributed by atoms with van der Waals surface area (Å²) in [6, 6.07) is 25.6. The number of nitrogens with zero attached hydrogens (tertiary/aromatic N) is 2. The topological polar surface area (TPSA) is 129 Å². The number of anilines is 1. The first-order valence-electron chi connectivity index (χ1n) is 17.9. The van der Waals surface area contributed by atoms with Crippen molar-refractivity contribution in [1.29, 1.82) is 0 Å². The molecule has 10 nitrogen and oxygen atoms in total. The fraction of sp³-hybridized carbons (Fsp3) is 0.293. The first kappa shape index (κ1) is 37.7. The largest absolute Gasteiger partial charge is 0.453 e. The molecule has 13 heteroatoms. The number of benzene rings is 4. The normalized spacial score (nSPS) is 16.8. The lowest BCUT2D eigenvalue weighted by Gasteiger charge is -2.40. The summed E-state index contributed by atoms with van der Waals surface area (Å²) >= 11 is 6.23. The monoisotopic (exact) mass is 786 g/mol. The van der Waals surface area contributed by atoms with Gasteiger partial charge in [0.15, 0.2) is 15.6 Å². The summed E-state index contributed by atoms with van der Waals surface area (Å²) in [6.45, 7) is 7.37. The van der Waals surface area contributed by atoms with Crippen molar-refractivity contribution in [2.24, 2.45) is 5.41 Å². The number of rotatable bonds is 10. The first-order chi connectivity index (χ1) is 25.7. The van der Waals surface area contributed by atoms with Crippen LogP contribution < -0.4 is 14.4 Å². The van der Waals surface area contributed by atoms with Crippen LogP contribution in [0.15, 0.2) is 113 Å². The van der Waals surface area contributed by atoms with Crippen molar-refractivity contribution in [2.45, 2.75) is 42.9 Å². The van der Waals surface area contributed by atoms with Crippen LogP contribution in [0.3, 0.4) is 0 Å². The van der Waals surface area contributed by atoms with Gasteiger partial charge >= 0.3 is 0 Å². The number of hydrogen-bond donors (Lipinski definition) is 2. The molecular weight excluding hydrogens is 744 g/mol. The Morgan fingerprint density at radius 1 is 0.870 bits per heavy atom. The highest BCUT2D eigenvalue weighted by atomic mass is 35.5. The molecule has 2 aliphatic rings. The van der Waals surface area contributed by atoms with E-state index in [9.17, 15) is 21.6 Å². The predicted molar refractivity (Wildman–Crippen MR) is 214 cm³/mol. The predicted octanol–water partition coefficient (Wildman–Crippen LogP) is 7.92. The van der Waals surface area contributed by atoms with Gasteiger partial charge in [-0.2, -0.15) is 0 Å². The Kier molecular flexibility index (Phi) is 10.4. The summed E-state index contributed by atoms with van der Waals surface area (Å²) in [5, 5.41) is 1.37. The molecule has 4 aromatic carbocycles. The number of carbonyl (C=O) groups excluding carboxylic acids is 1. The third-order valence-electron chi connectivity index (χ3n) is 10.3. The first-order valence-corrected chi connectivity index (χ1v) is 21.6. The Morgan fingerprint density at radius 2 is 1.57 bits per heavy atom. The van der Waals surface area contributed by atoms with Gasteiger partial charge in [-0.15, -0.1) is 0 Å². The van der Waals surface area contributed by atoms with Crippen LogP contribution in [0.1, 0.15) is 49.0 Å². The van der Waals surface area contributed by atoms with E-state index in [1.54, 1.807) is 42.6 Å². The number of amides is 1. The number of aromatic amines is 1. The van der Waals surface area contributed by atoms with Crippen molar-refractivity contribution < 1.29 is 26.4 Å². The zero-order valence-electron chi connectivity index (χ0n) is 30.4. The van der Waals surface area contributed by atoms with Gasteiger partial charge in [0.1, 0.15) is 16.3 Å². The minimum atomic E-state index is -4.58. The van der Waals surface area contributed by atoms with E-state index in [0.717, 1.165) is 37.6 Å². The number of sulfone groups is 1. The maximum absolute atomic E-state index is 14.1. The summed E-state index contributed by atoms with van der Waals surface area (Å²) in [7, 11) is -8.46. The van der Waals surface area contributed by atoms with Crippen LogP contribution in [0.25, 0.3) is 16.5 Å². The Hall–Kier alpha value is -4.62. The molecule has 0 atom stereocenters. The second-order valence-electron chi connectivity index (χ2n) is 14.8. The molecule has 1 aliphatic carbocycles. The van der Waals surface area contributed by atoms with Crippen LogP contribution in [0.5, 0.6) is 11.5 Å². The molecule has 0 saturated carbocycles.